The second-order valence-electron chi connectivity index (χ2n) is 4.62. The smallest absolute Gasteiger partial charge is 0.107 e. The van der Waals surface area contributed by atoms with Gasteiger partial charge in [-0.1, -0.05) is 48.2 Å². The monoisotopic (exact) mass is 257 g/mol. The first-order chi connectivity index (χ1) is 8.73. The maximum absolute atomic E-state index is 10.8. The van der Waals surface area contributed by atoms with Crippen molar-refractivity contribution in [3.8, 4) is 0 Å². The molecule has 1 atom stereocenters. The van der Waals surface area contributed by atoms with E-state index >= 15 is 0 Å². The van der Waals surface area contributed by atoms with E-state index in [1.54, 1.807) is 11.8 Å². The summed E-state index contributed by atoms with van der Waals surface area (Å²) in [6, 6.07) is 16.2. The molecule has 2 aromatic rings. The van der Waals surface area contributed by atoms with E-state index in [1.807, 2.05) is 36.4 Å². The summed E-state index contributed by atoms with van der Waals surface area (Å²) in [5, 5.41) is 10.8. The fourth-order valence-corrected chi connectivity index (χ4v) is 3.57. The predicted molar refractivity (Wildman–Crippen MR) is 73.7 cm³/mol. The molecule has 1 heterocycles. The van der Waals surface area contributed by atoms with E-state index in [-0.39, 0.29) is 6.54 Å². The van der Waals surface area contributed by atoms with Crippen LogP contribution in [0.5, 0.6) is 0 Å². The van der Waals surface area contributed by atoms with Crippen LogP contribution in [0, 0.1) is 0 Å². The lowest BCUT2D eigenvalue weighted by Gasteiger charge is -2.27. The number of benzene rings is 2. The molecular formula is C15H15NOS. The molecule has 0 aromatic heterocycles. The zero-order valence-corrected chi connectivity index (χ0v) is 10.8. The summed E-state index contributed by atoms with van der Waals surface area (Å²) in [5.74, 6) is 0. The van der Waals surface area contributed by atoms with Gasteiger partial charge in [-0.15, -0.1) is 0 Å². The molecule has 0 fully saturated rings. The molecule has 3 heteroatoms. The Labute approximate surface area is 111 Å². The number of hydrogen-bond donors (Lipinski definition) is 2. The van der Waals surface area contributed by atoms with Crippen LogP contribution in [-0.2, 0) is 12.0 Å². The minimum absolute atomic E-state index is 0.235. The van der Waals surface area contributed by atoms with Gasteiger partial charge in [-0.2, -0.15) is 0 Å². The Kier molecular flexibility index (Phi) is 2.90. The first-order valence-corrected chi connectivity index (χ1v) is 6.82. The largest absolute Gasteiger partial charge is 0.383 e. The van der Waals surface area contributed by atoms with Crippen molar-refractivity contribution in [2.75, 3.05) is 6.54 Å². The summed E-state index contributed by atoms with van der Waals surface area (Å²) >= 11 is 1.71. The molecule has 92 valence electrons. The summed E-state index contributed by atoms with van der Waals surface area (Å²) in [7, 11) is 0. The van der Waals surface area contributed by atoms with Crippen molar-refractivity contribution in [1.82, 2.24) is 0 Å². The predicted octanol–water partition coefficient (Wildman–Crippen LogP) is 2.54. The third-order valence-electron chi connectivity index (χ3n) is 3.40. The van der Waals surface area contributed by atoms with Crippen molar-refractivity contribution < 1.29 is 5.11 Å². The number of fused-ring (bicyclic) bond motifs is 2. The third kappa shape index (κ3) is 1.85. The highest BCUT2D eigenvalue weighted by Gasteiger charge is 2.33. The molecule has 0 amide bonds. The van der Waals surface area contributed by atoms with Crippen LogP contribution in [0.25, 0.3) is 0 Å². The second kappa shape index (κ2) is 4.43. The maximum atomic E-state index is 10.8. The molecule has 1 unspecified atom stereocenters. The molecule has 0 spiro atoms. The average molecular weight is 257 g/mol. The molecule has 0 aliphatic carbocycles. The lowest BCUT2D eigenvalue weighted by atomic mass is 9.87. The Hall–Kier alpha value is -1.29. The molecule has 2 nitrogen and oxygen atoms in total. The number of hydrogen-bond acceptors (Lipinski definition) is 3. The number of rotatable bonds is 1. The van der Waals surface area contributed by atoms with Gasteiger partial charge in [0, 0.05) is 22.8 Å². The lowest BCUT2D eigenvalue weighted by molar-refractivity contribution is 0.0436. The molecule has 0 radical (unpaired) electrons. The second-order valence-corrected chi connectivity index (χ2v) is 5.70. The van der Waals surface area contributed by atoms with Gasteiger partial charge in [0.1, 0.15) is 5.60 Å². The van der Waals surface area contributed by atoms with E-state index in [2.05, 4.69) is 12.1 Å². The molecule has 18 heavy (non-hydrogen) atoms. The summed E-state index contributed by atoms with van der Waals surface area (Å²) in [4.78, 5) is 2.30. The number of nitrogens with two attached hydrogens (primary N) is 1. The minimum atomic E-state index is -0.962. The van der Waals surface area contributed by atoms with E-state index < -0.39 is 5.60 Å². The van der Waals surface area contributed by atoms with Crippen molar-refractivity contribution in [1.29, 1.82) is 0 Å². The quantitative estimate of drug-likeness (QED) is 0.825. The highest BCUT2D eigenvalue weighted by atomic mass is 32.2. The van der Waals surface area contributed by atoms with Crippen LogP contribution in [0.1, 0.15) is 11.1 Å². The summed E-state index contributed by atoms with van der Waals surface area (Å²) < 4.78 is 0. The van der Waals surface area contributed by atoms with E-state index in [0.29, 0.717) is 6.42 Å². The van der Waals surface area contributed by atoms with Gasteiger partial charge in [-0.25, -0.2) is 0 Å². The summed E-state index contributed by atoms with van der Waals surface area (Å²) in [6.07, 6.45) is 0.573. The van der Waals surface area contributed by atoms with Crippen molar-refractivity contribution in [2.45, 2.75) is 21.8 Å². The number of aliphatic hydroxyl groups is 1. The Morgan fingerprint density at radius 2 is 1.72 bits per heavy atom. The molecule has 1 aliphatic rings. The molecule has 0 saturated heterocycles. The Balaban J connectivity index is 2.21. The Bertz CT molecular complexity index is 584. The van der Waals surface area contributed by atoms with Gasteiger partial charge >= 0.3 is 0 Å². The topological polar surface area (TPSA) is 46.2 Å². The van der Waals surface area contributed by atoms with Crippen LogP contribution < -0.4 is 5.73 Å². The fraction of sp³-hybridized carbons (Fsp3) is 0.200. The Morgan fingerprint density at radius 1 is 1.06 bits per heavy atom. The summed E-state index contributed by atoms with van der Waals surface area (Å²) in [6.45, 7) is 0.235. The van der Waals surface area contributed by atoms with Crippen molar-refractivity contribution in [3.63, 3.8) is 0 Å². The molecule has 2 aromatic carbocycles. The molecule has 1 aliphatic heterocycles. The zero-order chi connectivity index (χ0) is 12.6. The van der Waals surface area contributed by atoms with Crippen LogP contribution in [0.15, 0.2) is 58.3 Å². The van der Waals surface area contributed by atoms with Gasteiger partial charge in [0.2, 0.25) is 0 Å². The van der Waals surface area contributed by atoms with Crippen LogP contribution in [0.3, 0.4) is 0 Å². The van der Waals surface area contributed by atoms with Crippen LogP contribution in [0.4, 0.5) is 0 Å². The van der Waals surface area contributed by atoms with Gasteiger partial charge in [0.25, 0.3) is 0 Å². The van der Waals surface area contributed by atoms with Crippen molar-refractivity contribution in [2.24, 2.45) is 5.73 Å². The molecule has 3 rings (SSSR count). The van der Waals surface area contributed by atoms with Gasteiger partial charge in [0.15, 0.2) is 0 Å². The van der Waals surface area contributed by atoms with Crippen LogP contribution >= 0.6 is 11.8 Å². The SMILES string of the molecule is NCC1(O)Cc2ccccc2Sc2ccccc21. The van der Waals surface area contributed by atoms with Gasteiger partial charge in [0.05, 0.1) is 0 Å². The Morgan fingerprint density at radius 3 is 2.50 bits per heavy atom. The minimum Gasteiger partial charge on any atom is -0.383 e. The highest BCUT2D eigenvalue weighted by Crippen LogP contribution is 2.42. The normalized spacial score (nSPS) is 21.9. The van der Waals surface area contributed by atoms with Crippen molar-refractivity contribution >= 4 is 11.8 Å². The molecule has 0 bridgehead atoms. The van der Waals surface area contributed by atoms with Crippen LogP contribution in [-0.4, -0.2) is 11.7 Å². The molecular weight excluding hydrogens is 242 g/mol. The first-order valence-electron chi connectivity index (χ1n) is 6.01. The van der Waals surface area contributed by atoms with Gasteiger partial charge < -0.3 is 10.8 Å². The van der Waals surface area contributed by atoms with Crippen LogP contribution in [0.2, 0.25) is 0 Å². The van der Waals surface area contributed by atoms with Gasteiger partial charge in [-0.3, -0.25) is 0 Å². The summed E-state index contributed by atoms with van der Waals surface area (Å²) in [5.41, 5.74) is 6.96. The van der Waals surface area contributed by atoms with E-state index in [1.165, 1.54) is 4.90 Å². The standard InChI is InChI=1S/C15H15NOS/c16-10-15(17)9-11-5-1-3-7-13(11)18-14-8-4-2-6-12(14)15/h1-8,17H,9-10,16H2. The van der Waals surface area contributed by atoms with E-state index in [0.717, 1.165) is 16.0 Å². The van der Waals surface area contributed by atoms with Gasteiger partial charge in [-0.05, 0) is 23.3 Å². The fourth-order valence-electron chi connectivity index (χ4n) is 2.40. The van der Waals surface area contributed by atoms with E-state index in [4.69, 9.17) is 5.73 Å². The van der Waals surface area contributed by atoms with Crippen molar-refractivity contribution in [3.05, 3.63) is 59.7 Å². The average Bonchev–Trinajstić information content (AvgIpc) is 2.53. The first kappa shape index (κ1) is 11.8. The molecule has 3 N–H and O–H groups in total. The highest BCUT2D eigenvalue weighted by molar-refractivity contribution is 7.99. The third-order valence-corrected chi connectivity index (χ3v) is 4.60. The lowest BCUT2D eigenvalue weighted by Crippen LogP contribution is -2.37. The maximum Gasteiger partial charge on any atom is 0.107 e. The zero-order valence-electron chi connectivity index (χ0n) is 9.97. The van der Waals surface area contributed by atoms with E-state index in [9.17, 15) is 5.11 Å². The molecule has 0 saturated carbocycles.